The molecule has 0 fully saturated rings. The fourth-order valence-corrected chi connectivity index (χ4v) is 1.42. The van der Waals surface area contributed by atoms with Crippen LogP contribution in [-0.4, -0.2) is 31.1 Å². The van der Waals surface area contributed by atoms with Crippen molar-refractivity contribution in [3.63, 3.8) is 0 Å². The second kappa shape index (κ2) is 3.80. The molecule has 0 radical (unpaired) electrons. The molecule has 0 amide bonds. The third-order valence-electron chi connectivity index (χ3n) is 2.09. The molecule has 0 bridgehead atoms. The number of aromatic nitrogens is 4. The van der Waals surface area contributed by atoms with Crippen LogP contribution in [-0.2, 0) is 11.8 Å². The van der Waals surface area contributed by atoms with Crippen LogP contribution in [0.1, 0.15) is 31.3 Å². The van der Waals surface area contributed by atoms with Crippen molar-refractivity contribution in [2.75, 3.05) is 0 Å². The molecule has 0 aliphatic rings. The fourth-order valence-electron chi connectivity index (χ4n) is 1.42. The monoisotopic (exact) mass is 234 g/mol. The molecule has 90 valence electrons. The first-order valence-corrected chi connectivity index (χ1v) is 5.24. The Hall–Kier alpha value is -1.98. The molecule has 6 nitrogen and oxygen atoms in total. The largest absolute Gasteiger partial charge is 0.455 e. The Bertz CT molecular complexity index is 568. The summed E-state index contributed by atoms with van der Waals surface area (Å²) in [5.74, 6) is -0.483. The Kier molecular flexibility index (Phi) is 2.57. The Labute approximate surface area is 98.7 Å². The number of fused-ring (bicyclic) bond motifs is 1. The fraction of sp³-hybridized carbons (Fsp3) is 0.455. The Morgan fingerprint density at radius 1 is 1.29 bits per heavy atom. The number of hydrogen-bond donors (Lipinski definition) is 0. The van der Waals surface area contributed by atoms with E-state index in [-0.39, 0.29) is 5.69 Å². The molecular formula is C11H14N4O2. The zero-order chi connectivity index (χ0) is 12.6. The van der Waals surface area contributed by atoms with Gasteiger partial charge < -0.3 is 9.30 Å². The van der Waals surface area contributed by atoms with Gasteiger partial charge in [0.25, 0.3) is 0 Å². The molecule has 0 atom stereocenters. The van der Waals surface area contributed by atoms with Crippen LogP contribution >= 0.6 is 0 Å². The van der Waals surface area contributed by atoms with Gasteiger partial charge in [0.1, 0.15) is 17.4 Å². The van der Waals surface area contributed by atoms with E-state index in [2.05, 4.69) is 15.0 Å². The summed E-state index contributed by atoms with van der Waals surface area (Å²) in [5.41, 5.74) is 0.721. The van der Waals surface area contributed by atoms with Gasteiger partial charge in [-0.05, 0) is 20.8 Å². The van der Waals surface area contributed by atoms with Gasteiger partial charge in [0.15, 0.2) is 11.3 Å². The summed E-state index contributed by atoms with van der Waals surface area (Å²) in [7, 11) is 1.81. The van der Waals surface area contributed by atoms with Crippen molar-refractivity contribution in [2.45, 2.75) is 26.4 Å². The summed E-state index contributed by atoms with van der Waals surface area (Å²) in [6.07, 6.45) is 2.93. The van der Waals surface area contributed by atoms with Crippen LogP contribution in [0, 0.1) is 0 Å². The van der Waals surface area contributed by atoms with Gasteiger partial charge >= 0.3 is 5.97 Å². The minimum absolute atomic E-state index is 0.200. The topological polar surface area (TPSA) is 69.9 Å². The van der Waals surface area contributed by atoms with Crippen LogP contribution in [0.25, 0.3) is 11.2 Å². The van der Waals surface area contributed by atoms with Crippen LogP contribution in [0.4, 0.5) is 0 Å². The van der Waals surface area contributed by atoms with Gasteiger partial charge in [-0.15, -0.1) is 0 Å². The van der Waals surface area contributed by atoms with E-state index in [4.69, 9.17) is 4.74 Å². The van der Waals surface area contributed by atoms with Crippen LogP contribution < -0.4 is 0 Å². The second-order valence-corrected chi connectivity index (χ2v) is 4.75. The molecule has 2 aromatic heterocycles. The van der Waals surface area contributed by atoms with Crippen LogP contribution in [0.5, 0.6) is 0 Å². The number of ether oxygens (including phenoxy) is 1. The van der Waals surface area contributed by atoms with Crippen molar-refractivity contribution in [1.29, 1.82) is 0 Å². The van der Waals surface area contributed by atoms with E-state index in [9.17, 15) is 4.79 Å². The van der Waals surface area contributed by atoms with Crippen molar-refractivity contribution in [2.24, 2.45) is 7.05 Å². The van der Waals surface area contributed by atoms with Crippen molar-refractivity contribution in [3.05, 3.63) is 18.3 Å². The molecule has 2 rings (SSSR count). The molecule has 0 aliphatic carbocycles. The van der Waals surface area contributed by atoms with E-state index in [0.717, 1.165) is 0 Å². The van der Waals surface area contributed by atoms with E-state index in [1.165, 1.54) is 6.33 Å². The summed E-state index contributed by atoms with van der Waals surface area (Å²) >= 11 is 0. The average Bonchev–Trinajstić information content (AvgIpc) is 2.58. The number of carbonyl (C=O) groups excluding carboxylic acids is 1. The summed E-state index contributed by atoms with van der Waals surface area (Å²) in [5, 5.41) is 0. The second-order valence-electron chi connectivity index (χ2n) is 4.75. The van der Waals surface area contributed by atoms with E-state index in [1.807, 2.05) is 20.8 Å². The normalized spacial score (nSPS) is 11.8. The smallest absolute Gasteiger partial charge is 0.359 e. The first kappa shape index (κ1) is 11.5. The summed E-state index contributed by atoms with van der Waals surface area (Å²) in [6.45, 7) is 5.42. The lowest BCUT2D eigenvalue weighted by Gasteiger charge is -2.18. The maximum atomic E-state index is 11.9. The number of nitrogens with zero attached hydrogens (tertiary/aromatic N) is 4. The molecule has 2 heterocycles. The highest BCUT2D eigenvalue weighted by Gasteiger charge is 2.22. The number of hydrogen-bond acceptors (Lipinski definition) is 5. The maximum absolute atomic E-state index is 11.9. The van der Waals surface area contributed by atoms with Crippen LogP contribution in [0.2, 0.25) is 0 Å². The molecular weight excluding hydrogens is 220 g/mol. The van der Waals surface area contributed by atoms with Gasteiger partial charge in [-0.2, -0.15) is 0 Å². The standard InChI is InChI=1S/C11H14N4O2/c1-11(2,3)17-10(16)8-7-9(13-5-12-8)15(4)6-14-7/h5-6H,1-4H3. The summed E-state index contributed by atoms with van der Waals surface area (Å²) < 4.78 is 6.99. The van der Waals surface area contributed by atoms with Crippen molar-refractivity contribution in [1.82, 2.24) is 19.5 Å². The van der Waals surface area contributed by atoms with E-state index < -0.39 is 11.6 Å². The molecule has 0 saturated carbocycles. The minimum Gasteiger partial charge on any atom is -0.455 e. The predicted molar refractivity (Wildman–Crippen MR) is 61.5 cm³/mol. The van der Waals surface area contributed by atoms with Crippen LogP contribution in [0.3, 0.4) is 0 Å². The number of imidazole rings is 1. The Balaban J connectivity index is 2.45. The lowest BCUT2D eigenvalue weighted by molar-refractivity contribution is 0.00650. The Morgan fingerprint density at radius 2 is 2.00 bits per heavy atom. The number of aryl methyl sites for hydroxylation is 1. The zero-order valence-corrected chi connectivity index (χ0v) is 10.3. The zero-order valence-electron chi connectivity index (χ0n) is 10.3. The van der Waals surface area contributed by atoms with E-state index in [1.54, 1.807) is 17.9 Å². The first-order chi connectivity index (χ1) is 7.88. The SMILES string of the molecule is Cn1cnc2c(C(=O)OC(C)(C)C)ncnc21. The van der Waals surface area contributed by atoms with Gasteiger partial charge in [-0.1, -0.05) is 0 Å². The van der Waals surface area contributed by atoms with Gasteiger partial charge in [0.2, 0.25) is 0 Å². The number of carbonyl (C=O) groups is 1. The molecule has 0 unspecified atom stereocenters. The molecule has 0 aliphatic heterocycles. The van der Waals surface area contributed by atoms with Crippen LogP contribution in [0.15, 0.2) is 12.7 Å². The van der Waals surface area contributed by atoms with Crippen molar-refractivity contribution >= 4 is 17.1 Å². The average molecular weight is 234 g/mol. The summed E-state index contributed by atoms with van der Waals surface area (Å²) in [4.78, 5) is 24.0. The van der Waals surface area contributed by atoms with Gasteiger partial charge in [-0.3, -0.25) is 0 Å². The quantitative estimate of drug-likeness (QED) is 0.696. The highest BCUT2D eigenvalue weighted by molar-refractivity contribution is 5.98. The van der Waals surface area contributed by atoms with Gasteiger partial charge in [0, 0.05) is 7.05 Å². The van der Waals surface area contributed by atoms with Gasteiger partial charge in [-0.25, -0.2) is 19.7 Å². The first-order valence-electron chi connectivity index (χ1n) is 5.24. The highest BCUT2D eigenvalue weighted by Crippen LogP contribution is 2.16. The molecule has 17 heavy (non-hydrogen) atoms. The maximum Gasteiger partial charge on any atom is 0.359 e. The molecule has 2 aromatic rings. The highest BCUT2D eigenvalue weighted by atomic mass is 16.6. The molecule has 6 heteroatoms. The lowest BCUT2D eigenvalue weighted by Crippen LogP contribution is -2.24. The van der Waals surface area contributed by atoms with Crippen molar-refractivity contribution < 1.29 is 9.53 Å². The Morgan fingerprint density at radius 3 is 2.65 bits per heavy atom. The summed E-state index contributed by atoms with van der Waals surface area (Å²) in [6, 6.07) is 0. The third kappa shape index (κ3) is 2.25. The van der Waals surface area contributed by atoms with E-state index >= 15 is 0 Å². The van der Waals surface area contributed by atoms with E-state index in [0.29, 0.717) is 11.2 Å². The molecule has 0 aromatic carbocycles. The third-order valence-corrected chi connectivity index (χ3v) is 2.09. The number of rotatable bonds is 1. The number of esters is 1. The molecule has 0 N–H and O–H groups in total. The minimum atomic E-state index is -0.552. The van der Waals surface area contributed by atoms with Crippen molar-refractivity contribution in [3.8, 4) is 0 Å². The molecule has 0 spiro atoms. The predicted octanol–water partition coefficient (Wildman–Crippen LogP) is 1.32. The lowest BCUT2D eigenvalue weighted by atomic mass is 10.2. The molecule has 0 saturated heterocycles. The van der Waals surface area contributed by atoms with Gasteiger partial charge in [0.05, 0.1) is 6.33 Å².